The van der Waals surface area contributed by atoms with E-state index in [2.05, 4.69) is 144 Å². The van der Waals surface area contributed by atoms with Crippen LogP contribution in [0.5, 0.6) is 5.75 Å². The molecule has 0 radical (unpaired) electrons. The smallest absolute Gasteiger partial charge is 0.192 e. The third kappa shape index (κ3) is 14.3. The van der Waals surface area contributed by atoms with Gasteiger partial charge in [-0.05, 0) is 107 Å². The summed E-state index contributed by atoms with van der Waals surface area (Å²) >= 11 is 2.25. The molecule has 1 aromatic carbocycles. The summed E-state index contributed by atoms with van der Waals surface area (Å²) in [5, 5.41) is 11.9. The second-order valence-corrected chi connectivity index (χ2v) is 35.3. The zero-order valence-corrected chi connectivity index (χ0v) is 42.1. The van der Waals surface area contributed by atoms with Crippen molar-refractivity contribution in [2.24, 2.45) is 11.8 Å². The highest BCUT2D eigenvalue weighted by Crippen LogP contribution is 2.44. The van der Waals surface area contributed by atoms with Crippen molar-refractivity contribution >= 4 is 47.5 Å². The number of benzene rings is 1. The monoisotopic (exact) mass is 906 g/mol. The Hall–Kier alpha value is -0.0994. The third-order valence-electron chi connectivity index (χ3n) is 12.8. The quantitative estimate of drug-likeness (QED) is 0.116. The largest absolute Gasteiger partial charge is 0.497 e. The minimum absolute atomic E-state index is 0.0425. The lowest BCUT2D eigenvalue weighted by molar-refractivity contribution is -0.187. The van der Waals surface area contributed by atoms with Crippen LogP contribution in [0.4, 0.5) is 0 Å². The summed E-state index contributed by atoms with van der Waals surface area (Å²) in [7, 11) is -4.70. The van der Waals surface area contributed by atoms with Crippen LogP contribution in [0.25, 0.3) is 0 Å². The van der Waals surface area contributed by atoms with E-state index in [1.807, 2.05) is 28.3 Å². The molecule has 11 heteroatoms. The van der Waals surface area contributed by atoms with Gasteiger partial charge in [0.15, 0.2) is 25.0 Å². The number of rotatable bonds is 18. The summed E-state index contributed by atoms with van der Waals surface area (Å²) in [5.74, 6) is 0.992. The maximum atomic E-state index is 11.7. The Kier molecular flexibility index (Phi) is 18.1. The average Bonchev–Trinajstić information content (AvgIpc) is 3.00. The first-order valence-electron chi connectivity index (χ1n) is 19.9. The van der Waals surface area contributed by atoms with Gasteiger partial charge >= 0.3 is 0 Å². The molecule has 1 aliphatic rings. The average molecular weight is 907 g/mol. The number of hydrogen-bond acceptors (Lipinski definition) is 7. The SMILES string of the molecule is COc1ccc(CO[C@H](/C=C/I)[C@@H](C)CC(O)C[C@H](C)[C@@H]2O[C@H](CO[Si](C)(C)C(C)(C)C)[C@H](O[Si](C)(C)C(C)(C)C)C[C@@H]2O[Si](C)(C)C(C)(C)C)cc1. The molecule has 0 aromatic heterocycles. The fourth-order valence-corrected chi connectivity index (χ4v) is 10.1. The van der Waals surface area contributed by atoms with Gasteiger partial charge in [0.25, 0.3) is 0 Å². The number of aliphatic hydroxyl groups is 1. The molecule has 1 unspecified atom stereocenters. The van der Waals surface area contributed by atoms with Crippen molar-refractivity contribution in [1.29, 1.82) is 0 Å². The highest BCUT2D eigenvalue weighted by atomic mass is 127. The van der Waals surface area contributed by atoms with E-state index in [4.69, 9.17) is 27.5 Å². The van der Waals surface area contributed by atoms with Crippen LogP contribution < -0.4 is 4.74 Å². The number of hydrogen-bond donors (Lipinski definition) is 1. The van der Waals surface area contributed by atoms with Crippen molar-refractivity contribution in [1.82, 2.24) is 0 Å². The van der Waals surface area contributed by atoms with Gasteiger partial charge in [0.1, 0.15) is 11.9 Å². The van der Waals surface area contributed by atoms with Crippen LogP contribution in [0, 0.1) is 11.8 Å². The fraction of sp³-hybridized carbons (Fsp3) is 0.810. The first-order valence-corrected chi connectivity index (χ1v) is 29.9. The van der Waals surface area contributed by atoms with Crippen LogP contribution in [0.1, 0.15) is 101 Å². The summed E-state index contributed by atoms with van der Waals surface area (Å²) in [6, 6.07) is 7.98. The first kappa shape index (κ1) is 49.0. The van der Waals surface area contributed by atoms with Crippen molar-refractivity contribution < 1.29 is 32.6 Å². The molecule has 0 aliphatic carbocycles. The van der Waals surface area contributed by atoms with E-state index < -0.39 is 31.1 Å². The van der Waals surface area contributed by atoms with Crippen LogP contribution in [-0.2, 0) is 29.4 Å². The highest BCUT2D eigenvalue weighted by Gasteiger charge is 2.50. The Balaban J connectivity index is 2.36. The second-order valence-electron chi connectivity index (χ2n) is 20.3. The van der Waals surface area contributed by atoms with E-state index >= 15 is 0 Å². The lowest BCUT2D eigenvalue weighted by Gasteiger charge is -2.51. The van der Waals surface area contributed by atoms with E-state index in [0.29, 0.717) is 26.1 Å². The third-order valence-corrected chi connectivity index (χ3v) is 26.7. The molecule has 0 bridgehead atoms. The van der Waals surface area contributed by atoms with Gasteiger partial charge in [-0.2, -0.15) is 0 Å². The second kappa shape index (κ2) is 19.6. The molecule has 308 valence electrons. The standard InChI is InChI=1S/C42H79IO7Si3/c1-30(35(23-24-43)46-28-32-19-21-34(45-12)22-20-32)25-33(44)26-31(2)39-37(50-53(17,18)42(9,10)11)27-36(49-52(15,16)41(6,7)8)38(48-39)29-47-51(13,14)40(3,4)5/h19-24,30-31,33,35-39,44H,25-29H2,1-18H3/b24-23+/t30-,31-,33?,35+,36+,37-,38+,39-/m0/s1. The minimum atomic E-state index is -2.18. The number of methoxy groups -OCH3 is 1. The zero-order valence-electron chi connectivity index (χ0n) is 36.9. The van der Waals surface area contributed by atoms with Crippen LogP contribution in [-0.4, -0.2) is 80.4 Å². The molecule has 1 aliphatic heterocycles. The molecule has 0 saturated carbocycles. The van der Waals surface area contributed by atoms with E-state index in [9.17, 15) is 5.11 Å². The van der Waals surface area contributed by atoms with Gasteiger partial charge in [-0.3, -0.25) is 0 Å². The van der Waals surface area contributed by atoms with Crippen LogP contribution in [0.15, 0.2) is 34.4 Å². The molecular formula is C42H79IO7Si3. The molecule has 7 nitrogen and oxygen atoms in total. The fourth-order valence-electron chi connectivity index (χ4n) is 6.01. The Morgan fingerprint density at radius 2 is 1.32 bits per heavy atom. The van der Waals surface area contributed by atoms with Crippen LogP contribution >= 0.6 is 22.6 Å². The van der Waals surface area contributed by atoms with Crippen molar-refractivity contribution in [3.05, 3.63) is 40.0 Å². The highest BCUT2D eigenvalue weighted by molar-refractivity contribution is 14.1. The summed E-state index contributed by atoms with van der Waals surface area (Å²) < 4.78 is 42.3. The van der Waals surface area contributed by atoms with E-state index in [-0.39, 0.29) is 57.5 Å². The number of aliphatic hydroxyl groups excluding tert-OH is 1. The number of halogens is 1. The van der Waals surface area contributed by atoms with Crippen molar-refractivity contribution in [2.45, 2.75) is 193 Å². The summed E-state index contributed by atoms with van der Waals surface area (Å²) in [4.78, 5) is 0. The minimum Gasteiger partial charge on any atom is -0.497 e. The first-order chi connectivity index (χ1) is 24.0. The van der Waals surface area contributed by atoms with E-state index in [1.165, 1.54) is 0 Å². The van der Waals surface area contributed by atoms with Crippen molar-refractivity contribution in [3.63, 3.8) is 0 Å². The molecule has 8 atom stereocenters. The lowest BCUT2D eigenvalue weighted by atomic mass is 9.85. The normalized spacial score (nSPS) is 23.5. The molecule has 1 saturated heterocycles. The van der Waals surface area contributed by atoms with Gasteiger partial charge in [-0.25, -0.2) is 0 Å². The molecule has 1 N–H and O–H groups in total. The predicted octanol–water partition coefficient (Wildman–Crippen LogP) is 11.9. The lowest BCUT2D eigenvalue weighted by Crippen LogP contribution is -2.60. The topological polar surface area (TPSA) is 75.6 Å². The number of ether oxygens (including phenoxy) is 3. The van der Waals surface area contributed by atoms with Gasteiger partial charge in [0.05, 0.1) is 50.8 Å². The molecule has 1 heterocycles. The van der Waals surface area contributed by atoms with Gasteiger partial charge in [0.2, 0.25) is 0 Å². The van der Waals surface area contributed by atoms with Crippen molar-refractivity contribution in [3.8, 4) is 5.75 Å². The van der Waals surface area contributed by atoms with E-state index in [1.54, 1.807) is 7.11 Å². The Morgan fingerprint density at radius 1 is 0.811 bits per heavy atom. The van der Waals surface area contributed by atoms with E-state index in [0.717, 1.165) is 17.7 Å². The summed E-state index contributed by atoms with van der Waals surface area (Å²) in [6.45, 7) is 39.9. The molecule has 53 heavy (non-hydrogen) atoms. The Bertz CT molecular complexity index is 1270. The van der Waals surface area contributed by atoms with Gasteiger partial charge in [-0.1, -0.05) is 111 Å². The van der Waals surface area contributed by atoms with Gasteiger partial charge < -0.3 is 32.6 Å². The predicted molar refractivity (Wildman–Crippen MR) is 239 cm³/mol. The molecule has 0 amide bonds. The molecule has 1 aromatic rings. The van der Waals surface area contributed by atoms with Crippen molar-refractivity contribution in [2.75, 3.05) is 13.7 Å². The van der Waals surface area contributed by atoms with Gasteiger partial charge in [0, 0.05) is 6.42 Å². The molecule has 1 fully saturated rings. The van der Waals surface area contributed by atoms with Gasteiger partial charge in [-0.15, -0.1) is 0 Å². The maximum absolute atomic E-state index is 11.7. The zero-order chi connectivity index (χ0) is 40.8. The van der Waals surface area contributed by atoms with Crippen LogP contribution in [0.3, 0.4) is 0 Å². The Morgan fingerprint density at radius 3 is 1.79 bits per heavy atom. The summed E-state index contributed by atoms with van der Waals surface area (Å²) in [6.07, 6.45) is 2.75. The molecule has 0 spiro atoms. The Labute approximate surface area is 342 Å². The molecule has 2 rings (SSSR count). The summed E-state index contributed by atoms with van der Waals surface area (Å²) in [5.41, 5.74) is 1.09. The molecular weight excluding hydrogens is 828 g/mol. The maximum Gasteiger partial charge on any atom is 0.192 e. The van der Waals surface area contributed by atoms with Crippen LogP contribution in [0.2, 0.25) is 54.4 Å².